The van der Waals surface area contributed by atoms with Crippen molar-refractivity contribution in [2.24, 2.45) is 0 Å². The zero-order valence-corrected chi connectivity index (χ0v) is 12.2. The molecule has 2 heterocycles. The number of hydrogen-bond acceptors (Lipinski definition) is 5. The van der Waals surface area contributed by atoms with Gasteiger partial charge in [-0.2, -0.15) is 0 Å². The lowest BCUT2D eigenvalue weighted by Gasteiger charge is -2.28. The molecule has 0 saturated carbocycles. The Morgan fingerprint density at radius 3 is 2.62 bits per heavy atom. The lowest BCUT2D eigenvalue weighted by molar-refractivity contribution is 0.122. The Balaban J connectivity index is 1.59. The minimum atomic E-state index is 0.709. The number of aromatic nitrogens is 2. The predicted octanol–water partition coefficient (Wildman–Crippen LogP) is 2.23. The van der Waals surface area contributed by atoms with Crippen molar-refractivity contribution >= 4 is 11.4 Å². The molecule has 0 unspecified atom stereocenters. The van der Waals surface area contributed by atoms with Crippen LogP contribution in [-0.4, -0.2) is 36.3 Å². The zero-order valence-electron chi connectivity index (χ0n) is 12.2. The molecule has 5 heteroatoms. The molecule has 1 aliphatic heterocycles. The van der Waals surface area contributed by atoms with Crippen LogP contribution in [0.1, 0.15) is 11.5 Å². The minimum absolute atomic E-state index is 0.709. The van der Waals surface area contributed by atoms with Crippen molar-refractivity contribution in [2.75, 3.05) is 36.5 Å². The average Bonchev–Trinajstić information content (AvgIpc) is 2.54. The number of hydrogen-bond donors (Lipinski definition) is 1. The lowest BCUT2D eigenvalue weighted by atomic mass is 10.2. The number of morpholine rings is 1. The van der Waals surface area contributed by atoms with E-state index in [4.69, 9.17) is 4.74 Å². The summed E-state index contributed by atoms with van der Waals surface area (Å²) in [5.41, 5.74) is 3.35. The Morgan fingerprint density at radius 1 is 1.14 bits per heavy atom. The van der Waals surface area contributed by atoms with Crippen molar-refractivity contribution in [1.29, 1.82) is 0 Å². The van der Waals surface area contributed by atoms with Crippen LogP contribution in [0, 0.1) is 6.92 Å². The van der Waals surface area contributed by atoms with Crippen molar-refractivity contribution in [3.63, 3.8) is 0 Å². The summed E-state index contributed by atoms with van der Waals surface area (Å²) >= 11 is 0. The van der Waals surface area contributed by atoms with Crippen LogP contribution < -0.4 is 10.2 Å². The topological polar surface area (TPSA) is 50.3 Å². The van der Waals surface area contributed by atoms with Gasteiger partial charge in [0.25, 0.3) is 0 Å². The first-order chi connectivity index (χ1) is 10.3. The van der Waals surface area contributed by atoms with Gasteiger partial charge < -0.3 is 15.0 Å². The number of nitrogens with one attached hydrogen (secondary N) is 1. The van der Waals surface area contributed by atoms with Gasteiger partial charge in [0.2, 0.25) is 0 Å². The summed E-state index contributed by atoms with van der Waals surface area (Å²) in [6.45, 7) is 6.17. The number of ether oxygens (including phenoxy) is 1. The molecule has 0 atom stereocenters. The maximum atomic E-state index is 5.38. The number of anilines is 2. The molecule has 21 heavy (non-hydrogen) atoms. The van der Waals surface area contributed by atoms with Gasteiger partial charge in [0, 0.05) is 30.7 Å². The Morgan fingerprint density at radius 2 is 1.90 bits per heavy atom. The van der Waals surface area contributed by atoms with Crippen molar-refractivity contribution < 1.29 is 4.74 Å². The Kier molecular flexibility index (Phi) is 4.31. The molecule has 1 fully saturated rings. The van der Waals surface area contributed by atoms with Gasteiger partial charge in [-0.05, 0) is 37.3 Å². The molecular formula is C16H20N4O. The second kappa shape index (κ2) is 6.54. The van der Waals surface area contributed by atoms with Gasteiger partial charge in [-0.1, -0.05) is 0 Å². The molecule has 5 nitrogen and oxygen atoms in total. The molecule has 3 rings (SSSR count). The third-order valence-corrected chi connectivity index (χ3v) is 3.55. The van der Waals surface area contributed by atoms with Crippen molar-refractivity contribution in [3.8, 4) is 0 Å². The fourth-order valence-corrected chi connectivity index (χ4v) is 2.41. The Bertz CT molecular complexity index is 579. The fourth-order valence-electron chi connectivity index (χ4n) is 2.41. The normalized spacial score (nSPS) is 15.0. The Labute approximate surface area is 125 Å². The standard InChI is InChI=1S/C16H20N4O/c1-13-17-7-6-15(19-13)12-18-14-2-4-16(5-3-14)20-8-10-21-11-9-20/h2-7,18H,8-12H2,1H3. The fraction of sp³-hybridized carbons (Fsp3) is 0.375. The van der Waals surface area contributed by atoms with E-state index >= 15 is 0 Å². The summed E-state index contributed by atoms with van der Waals surface area (Å²) in [6, 6.07) is 10.5. The SMILES string of the molecule is Cc1nccc(CNc2ccc(N3CCOCC3)cc2)n1. The summed E-state index contributed by atoms with van der Waals surface area (Å²) < 4.78 is 5.38. The number of aryl methyl sites for hydroxylation is 1. The summed E-state index contributed by atoms with van der Waals surface area (Å²) in [6.07, 6.45) is 1.79. The highest BCUT2D eigenvalue weighted by Gasteiger charge is 2.10. The molecule has 1 aromatic heterocycles. The van der Waals surface area contributed by atoms with E-state index in [1.54, 1.807) is 6.20 Å². The molecule has 0 radical (unpaired) electrons. The summed E-state index contributed by atoms with van der Waals surface area (Å²) in [4.78, 5) is 10.8. The van der Waals surface area contributed by atoms with Crippen molar-refractivity contribution in [1.82, 2.24) is 9.97 Å². The van der Waals surface area contributed by atoms with Crippen LogP contribution in [0.25, 0.3) is 0 Å². The Hall–Kier alpha value is -2.14. The van der Waals surface area contributed by atoms with Gasteiger partial charge in [-0.3, -0.25) is 0 Å². The summed E-state index contributed by atoms with van der Waals surface area (Å²) in [7, 11) is 0. The number of nitrogens with zero attached hydrogens (tertiary/aromatic N) is 3. The largest absolute Gasteiger partial charge is 0.379 e. The summed E-state index contributed by atoms with van der Waals surface area (Å²) in [5, 5.41) is 3.38. The van der Waals surface area contributed by atoms with E-state index in [0.29, 0.717) is 6.54 Å². The smallest absolute Gasteiger partial charge is 0.125 e. The maximum absolute atomic E-state index is 5.38. The maximum Gasteiger partial charge on any atom is 0.125 e. The molecule has 1 aliphatic rings. The van der Waals surface area contributed by atoms with E-state index < -0.39 is 0 Å². The van der Waals surface area contributed by atoms with E-state index in [1.165, 1.54) is 5.69 Å². The molecule has 1 N–H and O–H groups in total. The van der Waals surface area contributed by atoms with Crippen LogP contribution >= 0.6 is 0 Å². The number of benzene rings is 1. The quantitative estimate of drug-likeness (QED) is 0.933. The highest BCUT2D eigenvalue weighted by Crippen LogP contribution is 2.19. The lowest BCUT2D eigenvalue weighted by Crippen LogP contribution is -2.36. The van der Waals surface area contributed by atoms with Crippen LogP contribution in [0.4, 0.5) is 11.4 Å². The molecule has 0 spiro atoms. The molecule has 1 aromatic carbocycles. The van der Waals surface area contributed by atoms with Crippen molar-refractivity contribution in [3.05, 3.63) is 48.0 Å². The zero-order chi connectivity index (χ0) is 14.5. The molecular weight excluding hydrogens is 264 g/mol. The first-order valence-corrected chi connectivity index (χ1v) is 7.26. The molecule has 0 bridgehead atoms. The molecule has 2 aromatic rings. The first kappa shape index (κ1) is 13.8. The molecule has 1 saturated heterocycles. The van der Waals surface area contributed by atoms with Crippen LogP contribution in [0.15, 0.2) is 36.5 Å². The molecule has 110 valence electrons. The van der Waals surface area contributed by atoms with Gasteiger partial charge >= 0.3 is 0 Å². The van der Waals surface area contributed by atoms with Gasteiger partial charge in [0.1, 0.15) is 5.82 Å². The van der Waals surface area contributed by atoms with Crippen LogP contribution in [-0.2, 0) is 11.3 Å². The van der Waals surface area contributed by atoms with E-state index in [0.717, 1.165) is 43.5 Å². The minimum Gasteiger partial charge on any atom is -0.379 e. The molecule has 0 amide bonds. The van der Waals surface area contributed by atoms with Crippen LogP contribution in [0.3, 0.4) is 0 Å². The predicted molar refractivity (Wildman–Crippen MR) is 83.6 cm³/mol. The van der Waals surface area contributed by atoms with Gasteiger partial charge in [0.15, 0.2) is 0 Å². The van der Waals surface area contributed by atoms with Crippen LogP contribution in [0.2, 0.25) is 0 Å². The first-order valence-electron chi connectivity index (χ1n) is 7.26. The number of rotatable bonds is 4. The monoisotopic (exact) mass is 284 g/mol. The third-order valence-electron chi connectivity index (χ3n) is 3.55. The highest BCUT2D eigenvalue weighted by atomic mass is 16.5. The average molecular weight is 284 g/mol. The van der Waals surface area contributed by atoms with Gasteiger partial charge in [-0.15, -0.1) is 0 Å². The van der Waals surface area contributed by atoms with Crippen LogP contribution in [0.5, 0.6) is 0 Å². The van der Waals surface area contributed by atoms with Gasteiger partial charge in [-0.25, -0.2) is 9.97 Å². The second-order valence-corrected chi connectivity index (χ2v) is 5.10. The third kappa shape index (κ3) is 3.70. The van der Waals surface area contributed by atoms with E-state index in [-0.39, 0.29) is 0 Å². The van der Waals surface area contributed by atoms with Crippen molar-refractivity contribution in [2.45, 2.75) is 13.5 Å². The summed E-state index contributed by atoms with van der Waals surface area (Å²) in [5.74, 6) is 0.803. The van der Waals surface area contributed by atoms with Gasteiger partial charge in [0.05, 0.1) is 25.5 Å². The van der Waals surface area contributed by atoms with E-state index in [2.05, 4.69) is 44.5 Å². The molecule has 0 aliphatic carbocycles. The van der Waals surface area contributed by atoms with E-state index in [1.807, 2.05) is 13.0 Å². The second-order valence-electron chi connectivity index (χ2n) is 5.10. The van der Waals surface area contributed by atoms with E-state index in [9.17, 15) is 0 Å². The highest BCUT2D eigenvalue weighted by molar-refractivity contribution is 5.55.